The van der Waals surface area contributed by atoms with Crippen molar-refractivity contribution in [1.82, 2.24) is 9.97 Å². The third-order valence-corrected chi connectivity index (χ3v) is 4.07. The maximum absolute atomic E-state index is 11.4. The third-order valence-electron chi connectivity index (χ3n) is 4.07. The number of nitrogens with zero attached hydrogens (tertiary/aromatic N) is 2. The smallest absolute Gasteiger partial charge is 0.159 e. The minimum absolute atomic E-state index is 0.0318. The molecule has 0 bridgehead atoms. The number of nitrogens with one attached hydrogen (secondary N) is 2. The molecule has 0 aliphatic heterocycles. The van der Waals surface area contributed by atoms with E-state index in [-0.39, 0.29) is 5.78 Å². The van der Waals surface area contributed by atoms with Gasteiger partial charge in [-0.15, -0.1) is 0 Å². The van der Waals surface area contributed by atoms with Crippen LogP contribution in [0.1, 0.15) is 23.1 Å². The summed E-state index contributed by atoms with van der Waals surface area (Å²) in [5, 5.41) is 6.48. The van der Waals surface area contributed by atoms with E-state index in [0.717, 1.165) is 11.4 Å². The van der Waals surface area contributed by atoms with Crippen LogP contribution in [0.25, 0.3) is 0 Å². The Balaban J connectivity index is 1.82. The zero-order valence-corrected chi connectivity index (χ0v) is 16.2. The molecule has 0 unspecified atom stereocenters. The van der Waals surface area contributed by atoms with E-state index in [1.54, 1.807) is 45.4 Å². The number of ketones is 1. The number of hydrogen-bond donors (Lipinski definition) is 2. The fraction of sp³-hybridized carbons (Fsp3) is 0.190. The van der Waals surface area contributed by atoms with E-state index >= 15 is 0 Å². The van der Waals surface area contributed by atoms with Gasteiger partial charge in [0.1, 0.15) is 29.0 Å². The molecule has 7 heteroatoms. The summed E-state index contributed by atoms with van der Waals surface area (Å²) in [5.41, 5.74) is 2.26. The Morgan fingerprint density at radius 3 is 2.18 bits per heavy atom. The Labute approximate surface area is 163 Å². The molecule has 2 N–H and O–H groups in total. The van der Waals surface area contributed by atoms with Crippen LogP contribution in [0.4, 0.5) is 23.0 Å². The summed E-state index contributed by atoms with van der Waals surface area (Å²) in [7, 11) is 3.21. The van der Waals surface area contributed by atoms with Crippen LogP contribution in [-0.4, -0.2) is 30.0 Å². The van der Waals surface area contributed by atoms with Crippen molar-refractivity contribution < 1.29 is 14.3 Å². The standard InChI is InChI=1S/C21H22N4O3/c1-13(26)15-5-7-16(8-6-15)24-20-12-21(23-14(2)22-20)25-18-10-9-17(27-3)11-19(18)28-4/h5-12H,1-4H3,(H2,22,23,24,25). The van der Waals surface area contributed by atoms with Crippen molar-refractivity contribution in [2.75, 3.05) is 24.9 Å². The molecule has 2 aromatic carbocycles. The summed E-state index contributed by atoms with van der Waals surface area (Å²) in [5.74, 6) is 3.25. The summed E-state index contributed by atoms with van der Waals surface area (Å²) in [6, 6.07) is 14.5. The number of aromatic nitrogens is 2. The molecule has 0 atom stereocenters. The quantitative estimate of drug-likeness (QED) is 0.586. The molecule has 0 fully saturated rings. The van der Waals surface area contributed by atoms with E-state index in [0.29, 0.717) is 34.5 Å². The van der Waals surface area contributed by atoms with Crippen LogP contribution in [0.2, 0.25) is 0 Å². The highest BCUT2D eigenvalue weighted by Gasteiger charge is 2.09. The lowest BCUT2D eigenvalue weighted by atomic mass is 10.1. The lowest BCUT2D eigenvalue weighted by Crippen LogP contribution is -2.03. The van der Waals surface area contributed by atoms with E-state index in [9.17, 15) is 4.79 Å². The van der Waals surface area contributed by atoms with Gasteiger partial charge in [0, 0.05) is 23.4 Å². The number of carbonyl (C=O) groups is 1. The van der Waals surface area contributed by atoms with Crippen molar-refractivity contribution in [2.24, 2.45) is 0 Å². The summed E-state index contributed by atoms with van der Waals surface area (Å²) >= 11 is 0. The van der Waals surface area contributed by atoms with Gasteiger partial charge >= 0.3 is 0 Å². The van der Waals surface area contributed by atoms with Crippen LogP contribution in [0.3, 0.4) is 0 Å². The van der Waals surface area contributed by atoms with Crippen molar-refractivity contribution in [3.63, 3.8) is 0 Å². The van der Waals surface area contributed by atoms with Crippen LogP contribution in [-0.2, 0) is 0 Å². The molecule has 0 amide bonds. The number of hydrogen-bond acceptors (Lipinski definition) is 7. The fourth-order valence-corrected chi connectivity index (χ4v) is 2.67. The van der Waals surface area contributed by atoms with Gasteiger partial charge in [-0.25, -0.2) is 9.97 Å². The first kappa shape index (κ1) is 19.2. The summed E-state index contributed by atoms with van der Waals surface area (Å²) in [4.78, 5) is 20.3. The molecule has 1 aromatic heterocycles. The number of benzene rings is 2. The van der Waals surface area contributed by atoms with Gasteiger partial charge < -0.3 is 20.1 Å². The van der Waals surface area contributed by atoms with Gasteiger partial charge in [0.05, 0.1) is 19.9 Å². The third kappa shape index (κ3) is 4.56. The van der Waals surface area contributed by atoms with Crippen molar-refractivity contribution in [1.29, 1.82) is 0 Å². The number of anilines is 4. The number of ether oxygens (including phenoxy) is 2. The van der Waals surface area contributed by atoms with Crippen LogP contribution >= 0.6 is 0 Å². The predicted octanol–water partition coefficient (Wildman–Crippen LogP) is 4.49. The molecule has 0 radical (unpaired) electrons. The molecule has 3 aromatic rings. The number of Topliss-reactive ketones (excluding diaryl/α,β-unsaturated/α-hetero) is 1. The van der Waals surface area contributed by atoms with Gasteiger partial charge in [0.15, 0.2) is 5.78 Å². The molecule has 7 nitrogen and oxygen atoms in total. The molecule has 0 saturated heterocycles. The summed E-state index contributed by atoms with van der Waals surface area (Å²) < 4.78 is 10.6. The average Bonchev–Trinajstić information content (AvgIpc) is 2.68. The molecule has 144 valence electrons. The van der Waals surface area contributed by atoms with E-state index < -0.39 is 0 Å². The minimum atomic E-state index is 0.0318. The van der Waals surface area contributed by atoms with Crippen molar-refractivity contribution in [3.8, 4) is 11.5 Å². The lowest BCUT2D eigenvalue weighted by Gasteiger charge is -2.13. The maximum Gasteiger partial charge on any atom is 0.159 e. The average molecular weight is 378 g/mol. The maximum atomic E-state index is 11.4. The highest BCUT2D eigenvalue weighted by Crippen LogP contribution is 2.31. The topological polar surface area (TPSA) is 85.4 Å². The van der Waals surface area contributed by atoms with Crippen LogP contribution in [0.5, 0.6) is 11.5 Å². The molecular weight excluding hydrogens is 356 g/mol. The second-order valence-electron chi connectivity index (χ2n) is 6.14. The second-order valence-corrected chi connectivity index (χ2v) is 6.14. The van der Waals surface area contributed by atoms with Gasteiger partial charge in [-0.2, -0.15) is 0 Å². The first-order chi connectivity index (χ1) is 13.5. The van der Waals surface area contributed by atoms with E-state index in [1.165, 1.54) is 0 Å². The van der Waals surface area contributed by atoms with Gasteiger partial charge in [0.25, 0.3) is 0 Å². The van der Waals surface area contributed by atoms with Crippen molar-refractivity contribution in [2.45, 2.75) is 13.8 Å². The predicted molar refractivity (Wildman–Crippen MR) is 109 cm³/mol. The van der Waals surface area contributed by atoms with Crippen LogP contribution < -0.4 is 20.1 Å². The molecule has 0 aliphatic rings. The molecular formula is C21H22N4O3. The minimum Gasteiger partial charge on any atom is -0.497 e. The number of methoxy groups -OCH3 is 2. The van der Waals surface area contributed by atoms with Crippen molar-refractivity contribution in [3.05, 3.63) is 59.9 Å². The second kappa shape index (κ2) is 8.39. The Hall–Kier alpha value is -3.61. The molecule has 28 heavy (non-hydrogen) atoms. The number of rotatable bonds is 7. The molecule has 3 rings (SSSR count). The summed E-state index contributed by atoms with van der Waals surface area (Å²) in [6.07, 6.45) is 0. The fourth-order valence-electron chi connectivity index (χ4n) is 2.67. The molecule has 0 aliphatic carbocycles. The lowest BCUT2D eigenvalue weighted by molar-refractivity contribution is 0.101. The van der Waals surface area contributed by atoms with Gasteiger partial charge in [-0.3, -0.25) is 4.79 Å². The number of aryl methyl sites for hydroxylation is 1. The molecule has 0 saturated carbocycles. The highest BCUT2D eigenvalue weighted by atomic mass is 16.5. The van der Waals surface area contributed by atoms with E-state index in [4.69, 9.17) is 9.47 Å². The van der Waals surface area contributed by atoms with Crippen LogP contribution in [0.15, 0.2) is 48.5 Å². The van der Waals surface area contributed by atoms with Crippen molar-refractivity contribution >= 4 is 28.8 Å². The zero-order valence-electron chi connectivity index (χ0n) is 16.2. The molecule has 1 heterocycles. The molecule has 0 spiro atoms. The Bertz CT molecular complexity index is 987. The van der Waals surface area contributed by atoms with Gasteiger partial charge in [0.2, 0.25) is 0 Å². The Morgan fingerprint density at radius 1 is 0.893 bits per heavy atom. The van der Waals surface area contributed by atoms with E-state index in [2.05, 4.69) is 20.6 Å². The SMILES string of the molecule is COc1ccc(Nc2cc(Nc3ccc(C(C)=O)cc3)nc(C)n2)c(OC)c1. The first-order valence-electron chi connectivity index (χ1n) is 8.71. The van der Waals surface area contributed by atoms with Crippen LogP contribution in [0, 0.1) is 6.92 Å². The summed E-state index contributed by atoms with van der Waals surface area (Å²) in [6.45, 7) is 3.36. The zero-order chi connectivity index (χ0) is 20.1. The normalized spacial score (nSPS) is 10.3. The largest absolute Gasteiger partial charge is 0.497 e. The Morgan fingerprint density at radius 2 is 1.57 bits per heavy atom. The first-order valence-corrected chi connectivity index (χ1v) is 8.71. The van der Waals surface area contributed by atoms with Gasteiger partial charge in [-0.1, -0.05) is 0 Å². The highest BCUT2D eigenvalue weighted by molar-refractivity contribution is 5.94. The van der Waals surface area contributed by atoms with Gasteiger partial charge in [-0.05, 0) is 50.2 Å². The monoisotopic (exact) mass is 378 g/mol. The number of carbonyl (C=O) groups excluding carboxylic acids is 1. The van der Waals surface area contributed by atoms with E-state index in [1.807, 2.05) is 31.2 Å². The Kier molecular flexibility index (Phi) is 5.74.